The minimum Gasteiger partial charge on any atom is -0.378 e. The van der Waals surface area contributed by atoms with Crippen LogP contribution in [-0.2, 0) is 20.3 Å². The van der Waals surface area contributed by atoms with Gasteiger partial charge in [0.05, 0.1) is 19.0 Å². The molecule has 0 aromatic carbocycles. The van der Waals surface area contributed by atoms with Crippen molar-refractivity contribution in [2.45, 2.75) is 5.75 Å². The van der Waals surface area contributed by atoms with Crippen molar-refractivity contribution in [2.75, 3.05) is 37.5 Å². The molecule has 0 radical (unpaired) electrons. The molecule has 2 heterocycles. The molecule has 1 saturated heterocycles. The fourth-order valence-electron chi connectivity index (χ4n) is 1.87. The summed E-state index contributed by atoms with van der Waals surface area (Å²) in [4.78, 5) is 6.48. The minimum atomic E-state index is -3.03. The summed E-state index contributed by atoms with van der Waals surface area (Å²) in [6.07, 6.45) is 1.23. The van der Waals surface area contributed by atoms with Crippen LogP contribution in [0.4, 0.5) is 5.82 Å². The standard InChI is InChI=1S/C11H15BrN2O3S/c1-18(15,16)8-9-6-10(12)13-11(7-9)14-2-4-17-5-3-14/h6-7H,2-5,8H2,1H3. The Bertz CT molecular complexity index is 527. The van der Waals surface area contributed by atoms with E-state index in [2.05, 4.69) is 25.8 Å². The fourth-order valence-corrected chi connectivity index (χ4v) is 3.12. The second kappa shape index (κ2) is 5.54. The first-order valence-corrected chi connectivity index (χ1v) is 8.46. The molecule has 0 unspecified atom stereocenters. The molecule has 1 aliphatic heterocycles. The van der Waals surface area contributed by atoms with Crippen molar-refractivity contribution < 1.29 is 13.2 Å². The van der Waals surface area contributed by atoms with E-state index in [0.717, 1.165) is 24.5 Å². The van der Waals surface area contributed by atoms with Gasteiger partial charge in [-0.1, -0.05) is 0 Å². The van der Waals surface area contributed by atoms with Crippen molar-refractivity contribution in [3.05, 3.63) is 22.3 Å². The van der Waals surface area contributed by atoms with Crippen LogP contribution in [0.2, 0.25) is 0 Å². The number of pyridine rings is 1. The molecule has 0 spiro atoms. The Balaban J connectivity index is 2.25. The van der Waals surface area contributed by atoms with Crippen LogP contribution in [0.25, 0.3) is 0 Å². The first kappa shape index (κ1) is 13.8. The monoisotopic (exact) mass is 334 g/mol. The predicted octanol–water partition coefficient (Wildman–Crippen LogP) is 1.23. The van der Waals surface area contributed by atoms with Gasteiger partial charge in [0.2, 0.25) is 0 Å². The van der Waals surface area contributed by atoms with Gasteiger partial charge in [0.25, 0.3) is 0 Å². The van der Waals surface area contributed by atoms with E-state index in [1.807, 2.05) is 6.07 Å². The summed E-state index contributed by atoms with van der Waals surface area (Å²) in [7, 11) is -3.03. The molecule has 2 rings (SSSR count). The Morgan fingerprint density at radius 2 is 2.06 bits per heavy atom. The van der Waals surface area contributed by atoms with Gasteiger partial charge in [0, 0.05) is 19.3 Å². The van der Waals surface area contributed by atoms with Gasteiger partial charge < -0.3 is 9.64 Å². The van der Waals surface area contributed by atoms with E-state index in [9.17, 15) is 8.42 Å². The van der Waals surface area contributed by atoms with Gasteiger partial charge in [0.1, 0.15) is 10.4 Å². The fraction of sp³-hybridized carbons (Fsp3) is 0.545. The topological polar surface area (TPSA) is 59.5 Å². The molecule has 0 bridgehead atoms. The van der Waals surface area contributed by atoms with Crippen molar-refractivity contribution in [3.63, 3.8) is 0 Å². The SMILES string of the molecule is CS(=O)(=O)Cc1cc(Br)nc(N2CCOCC2)c1. The zero-order valence-electron chi connectivity index (χ0n) is 10.1. The number of sulfone groups is 1. The van der Waals surface area contributed by atoms with Crippen LogP contribution in [0.3, 0.4) is 0 Å². The van der Waals surface area contributed by atoms with E-state index in [0.29, 0.717) is 17.8 Å². The molecule has 1 aromatic rings. The zero-order chi connectivity index (χ0) is 13.2. The number of rotatable bonds is 3. The number of halogens is 1. The van der Waals surface area contributed by atoms with Crippen LogP contribution in [-0.4, -0.2) is 46.0 Å². The number of anilines is 1. The number of hydrogen-bond donors (Lipinski definition) is 0. The summed E-state index contributed by atoms with van der Waals surface area (Å²) < 4.78 is 28.6. The number of ether oxygens (including phenoxy) is 1. The predicted molar refractivity (Wildman–Crippen MR) is 73.5 cm³/mol. The van der Waals surface area contributed by atoms with E-state index < -0.39 is 9.84 Å². The summed E-state index contributed by atoms with van der Waals surface area (Å²) in [5, 5.41) is 0. The molecule has 1 aromatic heterocycles. The second-order valence-corrected chi connectivity index (χ2v) is 7.28. The van der Waals surface area contributed by atoms with Gasteiger partial charge in [-0.15, -0.1) is 0 Å². The van der Waals surface area contributed by atoms with E-state index in [1.54, 1.807) is 6.07 Å². The van der Waals surface area contributed by atoms with Crippen molar-refractivity contribution in [2.24, 2.45) is 0 Å². The number of morpholine rings is 1. The maximum absolute atomic E-state index is 11.3. The molecule has 0 N–H and O–H groups in total. The molecule has 100 valence electrons. The van der Waals surface area contributed by atoms with Crippen LogP contribution in [0.5, 0.6) is 0 Å². The van der Waals surface area contributed by atoms with E-state index in [4.69, 9.17) is 4.74 Å². The lowest BCUT2D eigenvalue weighted by atomic mass is 10.3. The normalized spacial score (nSPS) is 16.9. The van der Waals surface area contributed by atoms with Gasteiger partial charge in [-0.2, -0.15) is 0 Å². The van der Waals surface area contributed by atoms with Crippen LogP contribution < -0.4 is 4.90 Å². The summed E-state index contributed by atoms with van der Waals surface area (Å²) in [6.45, 7) is 2.91. The Kier molecular flexibility index (Phi) is 4.24. The number of nitrogens with zero attached hydrogens (tertiary/aromatic N) is 2. The van der Waals surface area contributed by atoms with Crippen LogP contribution >= 0.6 is 15.9 Å². The highest BCUT2D eigenvalue weighted by molar-refractivity contribution is 9.10. The maximum Gasteiger partial charge on any atom is 0.151 e. The summed E-state index contributed by atoms with van der Waals surface area (Å²) in [6, 6.07) is 3.57. The first-order valence-electron chi connectivity index (χ1n) is 5.61. The second-order valence-electron chi connectivity index (χ2n) is 4.33. The Morgan fingerprint density at radius 1 is 1.39 bits per heavy atom. The van der Waals surface area contributed by atoms with E-state index >= 15 is 0 Å². The Labute approximate surface area is 115 Å². The zero-order valence-corrected chi connectivity index (χ0v) is 12.5. The lowest BCUT2D eigenvalue weighted by Gasteiger charge is -2.28. The number of aromatic nitrogens is 1. The lowest BCUT2D eigenvalue weighted by molar-refractivity contribution is 0.122. The van der Waals surface area contributed by atoms with Gasteiger partial charge in [-0.05, 0) is 33.6 Å². The molecule has 5 nitrogen and oxygen atoms in total. The summed E-state index contributed by atoms with van der Waals surface area (Å²) in [5.74, 6) is 0.831. The van der Waals surface area contributed by atoms with E-state index in [-0.39, 0.29) is 5.75 Å². The molecule has 1 aliphatic rings. The average molecular weight is 335 g/mol. The third-order valence-electron chi connectivity index (χ3n) is 2.60. The molecule has 7 heteroatoms. The van der Waals surface area contributed by atoms with Crippen molar-refractivity contribution >= 4 is 31.6 Å². The van der Waals surface area contributed by atoms with Crippen LogP contribution in [0.15, 0.2) is 16.7 Å². The molecule has 0 aliphatic carbocycles. The smallest absolute Gasteiger partial charge is 0.151 e. The van der Waals surface area contributed by atoms with Gasteiger partial charge in [0.15, 0.2) is 9.84 Å². The molecule has 0 amide bonds. The molecule has 0 atom stereocenters. The molecule has 0 saturated carbocycles. The van der Waals surface area contributed by atoms with Crippen LogP contribution in [0, 0.1) is 0 Å². The Morgan fingerprint density at radius 3 is 2.67 bits per heavy atom. The van der Waals surface area contributed by atoms with Gasteiger partial charge in [-0.25, -0.2) is 13.4 Å². The quantitative estimate of drug-likeness (QED) is 0.778. The first-order chi connectivity index (χ1) is 8.44. The average Bonchev–Trinajstić information content (AvgIpc) is 2.27. The Hall–Kier alpha value is -0.660. The van der Waals surface area contributed by atoms with Crippen molar-refractivity contribution in [1.29, 1.82) is 0 Å². The maximum atomic E-state index is 11.3. The van der Waals surface area contributed by atoms with Crippen LogP contribution in [0.1, 0.15) is 5.56 Å². The molecular formula is C11H15BrN2O3S. The highest BCUT2D eigenvalue weighted by Crippen LogP contribution is 2.20. The summed E-state index contributed by atoms with van der Waals surface area (Å²) >= 11 is 3.32. The summed E-state index contributed by atoms with van der Waals surface area (Å²) in [5.41, 5.74) is 0.751. The molecular weight excluding hydrogens is 320 g/mol. The minimum absolute atomic E-state index is 0.0332. The van der Waals surface area contributed by atoms with Gasteiger partial charge in [-0.3, -0.25) is 0 Å². The highest BCUT2D eigenvalue weighted by atomic mass is 79.9. The largest absolute Gasteiger partial charge is 0.378 e. The molecule has 1 fully saturated rings. The van der Waals surface area contributed by atoms with Crippen molar-refractivity contribution in [1.82, 2.24) is 4.98 Å². The van der Waals surface area contributed by atoms with E-state index in [1.165, 1.54) is 6.26 Å². The lowest BCUT2D eigenvalue weighted by Crippen LogP contribution is -2.36. The third kappa shape index (κ3) is 3.93. The third-order valence-corrected chi connectivity index (χ3v) is 3.87. The molecule has 18 heavy (non-hydrogen) atoms. The van der Waals surface area contributed by atoms with Gasteiger partial charge >= 0.3 is 0 Å². The highest BCUT2D eigenvalue weighted by Gasteiger charge is 2.15. The van der Waals surface area contributed by atoms with Crippen molar-refractivity contribution in [3.8, 4) is 0 Å². The number of hydrogen-bond acceptors (Lipinski definition) is 5.